The van der Waals surface area contributed by atoms with E-state index in [4.69, 9.17) is 10.6 Å². The molecule has 2 aliphatic heterocycles. The number of hydrogen-bond donors (Lipinski definition) is 4. The number of nitrogen functional groups attached to an aromatic ring is 1. The second-order valence-electron chi connectivity index (χ2n) is 10.4. The largest absolute Gasteiger partial charge is 0.478 e. The fourth-order valence-electron chi connectivity index (χ4n) is 4.46. The number of carbonyl (C=O) groups is 3. The minimum Gasteiger partial charge on any atom is -0.478 e. The average molecular weight is 601 g/mol. The van der Waals surface area contributed by atoms with Crippen molar-refractivity contribution in [2.45, 2.75) is 57.5 Å². The number of quaternary nitrogens is 1. The third kappa shape index (κ3) is 6.21. The molecule has 2 amide bonds. The Morgan fingerprint density at radius 1 is 1.35 bits per heavy atom. The summed E-state index contributed by atoms with van der Waals surface area (Å²) in [5.41, 5.74) is 3.95. The van der Waals surface area contributed by atoms with Crippen LogP contribution >= 0.6 is 11.3 Å². The third-order valence-corrected chi connectivity index (χ3v) is 8.31. The van der Waals surface area contributed by atoms with Crippen LogP contribution in [0.4, 0.5) is 5.13 Å². The van der Waals surface area contributed by atoms with Gasteiger partial charge >= 0.3 is 16.3 Å². The molecule has 40 heavy (non-hydrogen) atoms. The molecule has 2 fully saturated rings. The standard InChI is InChI=1S/C21H29N9O8S2/c1-21(2,19(33)34)38-27-15(13-11-39-20(22)24-13)17(31)25-16-14(29(18(16)32)40(35,36)37)9-28-23-8-12(26-28)10-30(3)6-4-5-7-30/h8,11,14,16H,4-7,9-10H2,1-3H3,(H4-,22,24,25,31,33,34,35,36,37)/p+1/t14-,16+/m1/s1. The lowest BCUT2D eigenvalue weighted by Gasteiger charge is -2.43. The first-order valence-corrected chi connectivity index (χ1v) is 14.4. The smallest absolute Gasteiger partial charge is 0.362 e. The molecule has 0 aromatic carbocycles. The molecule has 2 aromatic rings. The number of anilines is 1. The molecule has 0 aliphatic carbocycles. The molecule has 2 atom stereocenters. The van der Waals surface area contributed by atoms with Crippen LogP contribution in [0.15, 0.2) is 16.7 Å². The van der Waals surface area contributed by atoms with Crippen LogP contribution in [0.5, 0.6) is 0 Å². The average Bonchev–Trinajstić information content (AvgIpc) is 3.58. The highest BCUT2D eigenvalue weighted by Gasteiger charge is 2.54. The number of nitrogens with zero attached hydrogens (tertiary/aromatic N) is 7. The minimum atomic E-state index is -4.97. The number of carboxylic acids is 1. The van der Waals surface area contributed by atoms with Crippen molar-refractivity contribution < 1.29 is 41.8 Å². The van der Waals surface area contributed by atoms with E-state index >= 15 is 0 Å². The molecule has 218 valence electrons. The summed E-state index contributed by atoms with van der Waals surface area (Å²) in [4.78, 5) is 47.6. The monoisotopic (exact) mass is 600 g/mol. The van der Waals surface area contributed by atoms with E-state index < -0.39 is 51.5 Å². The number of aliphatic carboxylic acids is 1. The van der Waals surface area contributed by atoms with Gasteiger partial charge < -0.3 is 25.5 Å². The number of carbonyl (C=O) groups excluding carboxylic acids is 2. The molecule has 2 aliphatic rings. The van der Waals surface area contributed by atoms with E-state index in [-0.39, 0.29) is 21.7 Å². The van der Waals surface area contributed by atoms with Crippen LogP contribution in [0.3, 0.4) is 0 Å². The molecule has 2 saturated heterocycles. The second-order valence-corrected chi connectivity index (χ2v) is 12.5. The van der Waals surface area contributed by atoms with Crippen LogP contribution in [0, 0.1) is 0 Å². The van der Waals surface area contributed by atoms with Crippen molar-refractivity contribution in [2.75, 3.05) is 25.9 Å². The first-order valence-electron chi connectivity index (χ1n) is 12.1. The molecule has 0 bridgehead atoms. The van der Waals surface area contributed by atoms with Crippen LogP contribution in [-0.2, 0) is 42.6 Å². The number of β-lactam (4-membered cyclic amide) rings is 1. The molecule has 0 spiro atoms. The highest BCUT2D eigenvalue weighted by molar-refractivity contribution is 7.84. The van der Waals surface area contributed by atoms with Crippen molar-refractivity contribution in [3.05, 3.63) is 23.0 Å². The maximum atomic E-state index is 13.2. The van der Waals surface area contributed by atoms with Crippen LogP contribution < -0.4 is 11.1 Å². The number of nitrogens with two attached hydrogens (primary N) is 1. The molecule has 2 aromatic heterocycles. The molecule has 0 saturated carbocycles. The first-order chi connectivity index (χ1) is 18.6. The van der Waals surface area contributed by atoms with E-state index in [0.717, 1.165) is 41.8 Å². The first kappa shape index (κ1) is 29.3. The Labute approximate surface area is 233 Å². The topological polar surface area (TPSA) is 232 Å². The summed E-state index contributed by atoms with van der Waals surface area (Å²) in [5, 5.41) is 25.3. The van der Waals surface area contributed by atoms with E-state index in [1.165, 1.54) is 24.0 Å². The van der Waals surface area contributed by atoms with Gasteiger partial charge in [-0.05, 0) is 13.8 Å². The number of thiazole rings is 1. The lowest BCUT2D eigenvalue weighted by molar-refractivity contribution is -0.911. The molecule has 4 heterocycles. The number of amides is 2. The predicted molar refractivity (Wildman–Crippen MR) is 139 cm³/mol. The number of oxime groups is 1. The number of likely N-dealkylation sites (tertiary alicyclic amines) is 1. The zero-order valence-corrected chi connectivity index (χ0v) is 23.6. The van der Waals surface area contributed by atoms with E-state index in [1.807, 2.05) is 0 Å². The lowest BCUT2D eigenvalue weighted by Crippen LogP contribution is -2.73. The van der Waals surface area contributed by atoms with Gasteiger partial charge in [-0.2, -0.15) is 23.4 Å². The summed E-state index contributed by atoms with van der Waals surface area (Å²) in [6.07, 6.45) is 3.76. The highest BCUT2D eigenvalue weighted by atomic mass is 32.2. The highest BCUT2D eigenvalue weighted by Crippen LogP contribution is 2.26. The summed E-state index contributed by atoms with van der Waals surface area (Å²) in [7, 11) is -2.86. The molecule has 17 nitrogen and oxygen atoms in total. The van der Waals surface area contributed by atoms with Gasteiger partial charge in [0.1, 0.15) is 30.0 Å². The minimum absolute atomic E-state index is 0.0620. The van der Waals surface area contributed by atoms with Gasteiger partial charge in [-0.1, -0.05) is 5.16 Å². The fourth-order valence-corrected chi connectivity index (χ4v) is 5.88. The summed E-state index contributed by atoms with van der Waals surface area (Å²) in [6, 6.07) is -2.71. The Balaban J connectivity index is 1.55. The number of rotatable bonds is 11. The van der Waals surface area contributed by atoms with Gasteiger partial charge in [-0.25, -0.2) is 14.1 Å². The van der Waals surface area contributed by atoms with E-state index in [0.29, 0.717) is 12.2 Å². The van der Waals surface area contributed by atoms with Gasteiger partial charge in [0.15, 0.2) is 10.8 Å². The summed E-state index contributed by atoms with van der Waals surface area (Å²) in [5.74, 6) is -3.49. The van der Waals surface area contributed by atoms with E-state index in [2.05, 4.69) is 32.7 Å². The SMILES string of the molecule is CC(C)(ON=C(C(=O)N[C@@H]1C(=O)N(S(=O)(=O)O)[C@@H]1Cn1ncc(C[N+]2(C)CCCC2)n1)c1csc(N)n1)C(=O)O. The van der Waals surface area contributed by atoms with Gasteiger partial charge in [0.2, 0.25) is 5.60 Å². The normalized spacial score (nSPS) is 21.2. The quantitative estimate of drug-likeness (QED) is 0.0786. The molecule has 5 N–H and O–H groups in total. The predicted octanol–water partition coefficient (Wildman–Crippen LogP) is -1.16. The zero-order valence-electron chi connectivity index (χ0n) is 21.9. The van der Waals surface area contributed by atoms with Crippen molar-refractivity contribution >= 4 is 50.3 Å². The van der Waals surface area contributed by atoms with Gasteiger partial charge in [-0.15, -0.1) is 11.3 Å². The van der Waals surface area contributed by atoms with E-state index in [1.54, 1.807) is 6.20 Å². The number of hydrogen-bond acceptors (Lipinski definition) is 12. The van der Waals surface area contributed by atoms with Crippen molar-refractivity contribution in [2.24, 2.45) is 5.16 Å². The molecular weight excluding hydrogens is 570 g/mol. The summed E-state index contributed by atoms with van der Waals surface area (Å²) < 4.78 is 34.6. The Morgan fingerprint density at radius 3 is 2.60 bits per heavy atom. The van der Waals surface area contributed by atoms with Crippen molar-refractivity contribution in [3.63, 3.8) is 0 Å². The Kier molecular flexibility index (Phi) is 7.85. The lowest BCUT2D eigenvalue weighted by atomic mass is 9.98. The van der Waals surface area contributed by atoms with Gasteiger partial charge in [-0.3, -0.25) is 14.1 Å². The van der Waals surface area contributed by atoms with Crippen LogP contribution in [0.2, 0.25) is 0 Å². The van der Waals surface area contributed by atoms with Crippen LogP contribution in [0.25, 0.3) is 0 Å². The van der Waals surface area contributed by atoms with Crippen molar-refractivity contribution in [3.8, 4) is 0 Å². The molecular formula is C21H30N9O8S2+. The van der Waals surface area contributed by atoms with Gasteiger partial charge in [0.05, 0.1) is 32.9 Å². The maximum Gasteiger partial charge on any atom is 0.362 e. The Bertz CT molecular complexity index is 1450. The van der Waals surface area contributed by atoms with Crippen LogP contribution in [-0.4, -0.2) is 108 Å². The number of nitrogens with one attached hydrogen (secondary N) is 1. The number of carboxylic acid groups (broad SMARTS) is 1. The fraction of sp³-hybridized carbons (Fsp3) is 0.571. The Morgan fingerprint density at radius 2 is 2.02 bits per heavy atom. The molecule has 19 heteroatoms. The molecule has 4 rings (SSSR count). The van der Waals surface area contributed by atoms with Crippen LogP contribution in [0.1, 0.15) is 38.1 Å². The molecule has 0 radical (unpaired) electrons. The van der Waals surface area contributed by atoms with Crippen molar-refractivity contribution in [1.82, 2.24) is 29.6 Å². The summed E-state index contributed by atoms with van der Waals surface area (Å²) in [6.45, 7) is 4.76. The second kappa shape index (κ2) is 10.7. The maximum absolute atomic E-state index is 13.2. The van der Waals surface area contributed by atoms with E-state index in [9.17, 15) is 32.5 Å². The van der Waals surface area contributed by atoms with Gasteiger partial charge in [0.25, 0.3) is 11.8 Å². The third-order valence-electron chi connectivity index (χ3n) is 6.69. The van der Waals surface area contributed by atoms with Gasteiger partial charge in [0, 0.05) is 18.2 Å². The zero-order chi connectivity index (χ0) is 29.5. The number of aromatic nitrogens is 4. The van der Waals surface area contributed by atoms with Crippen molar-refractivity contribution in [1.29, 1.82) is 0 Å². The summed E-state index contributed by atoms with van der Waals surface area (Å²) >= 11 is 0.973. The molecule has 0 unspecified atom stereocenters. The Hall–Kier alpha value is -3.68.